The van der Waals surface area contributed by atoms with Crippen molar-refractivity contribution in [1.82, 2.24) is 5.32 Å². The Morgan fingerprint density at radius 1 is 1.00 bits per heavy atom. The molecule has 2 aromatic rings. The summed E-state index contributed by atoms with van der Waals surface area (Å²) in [5, 5.41) is 8.45. The Hall–Kier alpha value is -3.39. The Morgan fingerprint density at radius 3 is 2.62 bits per heavy atom. The average molecular weight is 437 g/mol. The molecule has 2 aromatic carbocycles. The second kappa shape index (κ2) is 10.3. The maximum atomic E-state index is 12.6. The van der Waals surface area contributed by atoms with Crippen LogP contribution in [0.1, 0.15) is 36.0 Å². The van der Waals surface area contributed by atoms with E-state index in [0.717, 1.165) is 32.3 Å². The molecule has 3 amide bonds. The molecule has 1 heterocycles. The van der Waals surface area contributed by atoms with Crippen molar-refractivity contribution in [2.24, 2.45) is 5.92 Å². The number of amides is 3. The van der Waals surface area contributed by atoms with Crippen molar-refractivity contribution >= 4 is 29.1 Å². The first kappa shape index (κ1) is 21.8. The molecule has 2 fully saturated rings. The summed E-state index contributed by atoms with van der Waals surface area (Å²) < 4.78 is 11.1. The van der Waals surface area contributed by atoms with Gasteiger partial charge in [-0.25, -0.2) is 0 Å². The van der Waals surface area contributed by atoms with E-state index in [1.807, 2.05) is 0 Å². The van der Waals surface area contributed by atoms with Crippen molar-refractivity contribution in [3.63, 3.8) is 0 Å². The number of nitrogens with one attached hydrogen (secondary N) is 3. The number of anilines is 2. The zero-order valence-electron chi connectivity index (χ0n) is 17.8. The van der Waals surface area contributed by atoms with Gasteiger partial charge in [0.1, 0.15) is 5.75 Å². The number of hydrogen-bond donors (Lipinski definition) is 3. The maximum absolute atomic E-state index is 12.6. The molecule has 2 aliphatic rings. The van der Waals surface area contributed by atoms with Crippen molar-refractivity contribution < 1.29 is 23.9 Å². The van der Waals surface area contributed by atoms with Crippen molar-refractivity contribution in [3.05, 3.63) is 54.1 Å². The van der Waals surface area contributed by atoms with Crippen LogP contribution in [0.3, 0.4) is 0 Å². The second-order valence-electron chi connectivity index (χ2n) is 8.02. The molecule has 1 atom stereocenters. The molecule has 168 valence electrons. The van der Waals surface area contributed by atoms with Crippen LogP contribution in [0.25, 0.3) is 0 Å². The smallest absolute Gasteiger partial charge is 0.262 e. The van der Waals surface area contributed by atoms with Gasteiger partial charge in [0.05, 0.1) is 17.4 Å². The minimum absolute atomic E-state index is 0.00858. The fourth-order valence-corrected chi connectivity index (χ4v) is 3.49. The van der Waals surface area contributed by atoms with Crippen LogP contribution in [0.5, 0.6) is 5.75 Å². The van der Waals surface area contributed by atoms with E-state index >= 15 is 0 Å². The number of carbonyl (C=O) groups is 3. The molecule has 8 heteroatoms. The van der Waals surface area contributed by atoms with Gasteiger partial charge in [-0.2, -0.15) is 0 Å². The molecular formula is C24H27N3O5. The van der Waals surface area contributed by atoms with E-state index in [1.165, 1.54) is 0 Å². The molecule has 8 nitrogen and oxygen atoms in total. The first-order valence-corrected chi connectivity index (χ1v) is 10.9. The van der Waals surface area contributed by atoms with Crippen molar-refractivity contribution in [1.29, 1.82) is 0 Å². The van der Waals surface area contributed by atoms with Crippen molar-refractivity contribution in [2.45, 2.75) is 31.8 Å². The van der Waals surface area contributed by atoms with Gasteiger partial charge in [0, 0.05) is 30.8 Å². The Morgan fingerprint density at radius 2 is 1.84 bits per heavy atom. The summed E-state index contributed by atoms with van der Waals surface area (Å²) in [5.41, 5.74) is 1.42. The zero-order valence-corrected chi connectivity index (χ0v) is 17.8. The summed E-state index contributed by atoms with van der Waals surface area (Å²) in [7, 11) is 0. The number of rotatable bonds is 9. The lowest BCUT2D eigenvalue weighted by molar-refractivity contribution is -0.118. The minimum Gasteiger partial charge on any atom is -0.484 e. The minimum atomic E-state index is -0.392. The standard InChI is InChI=1S/C24H27N3O5/c28-22(15-32-18-6-3-5-17(13-18)26-23(29)16-10-11-16)27-21-9-2-1-8-20(21)24(30)25-14-19-7-4-12-31-19/h1-3,5-6,8-9,13,16,19H,4,7,10-12,14-15H2,(H,25,30)(H,26,29)(H,27,28). The van der Waals surface area contributed by atoms with Crippen LogP contribution in [0.2, 0.25) is 0 Å². The third-order valence-electron chi connectivity index (χ3n) is 5.38. The molecule has 32 heavy (non-hydrogen) atoms. The van der Waals surface area contributed by atoms with Crippen LogP contribution in [0.15, 0.2) is 48.5 Å². The quantitative estimate of drug-likeness (QED) is 0.559. The fraction of sp³-hybridized carbons (Fsp3) is 0.375. The molecule has 1 aliphatic carbocycles. The SMILES string of the molecule is O=C(COc1cccc(NC(=O)C2CC2)c1)Nc1ccccc1C(=O)NCC1CCCO1. The second-order valence-corrected chi connectivity index (χ2v) is 8.02. The average Bonchev–Trinajstić information content (AvgIpc) is 3.53. The maximum Gasteiger partial charge on any atom is 0.262 e. The largest absolute Gasteiger partial charge is 0.484 e. The predicted molar refractivity (Wildman–Crippen MR) is 120 cm³/mol. The van der Waals surface area contributed by atoms with E-state index in [2.05, 4.69) is 16.0 Å². The van der Waals surface area contributed by atoms with Gasteiger partial charge in [-0.1, -0.05) is 18.2 Å². The molecule has 0 radical (unpaired) electrons. The molecule has 1 unspecified atom stereocenters. The molecule has 0 aromatic heterocycles. The van der Waals surface area contributed by atoms with Gasteiger partial charge >= 0.3 is 0 Å². The van der Waals surface area contributed by atoms with Gasteiger partial charge in [0.25, 0.3) is 11.8 Å². The van der Waals surface area contributed by atoms with Gasteiger partial charge in [0.2, 0.25) is 5.91 Å². The lowest BCUT2D eigenvalue weighted by Gasteiger charge is -2.14. The monoisotopic (exact) mass is 437 g/mol. The third-order valence-corrected chi connectivity index (χ3v) is 5.38. The van der Waals surface area contributed by atoms with E-state index in [1.54, 1.807) is 48.5 Å². The van der Waals surface area contributed by atoms with Crippen LogP contribution in [-0.2, 0) is 14.3 Å². The summed E-state index contributed by atoms with van der Waals surface area (Å²) in [5.74, 6) is -0.0767. The Balaban J connectivity index is 1.29. The molecule has 0 spiro atoms. The number of benzene rings is 2. The molecular weight excluding hydrogens is 410 g/mol. The normalized spacial score (nSPS) is 17.4. The van der Waals surface area contributed by atoms with Crippen molar-refractivity contribution in [2.75, 3.05) is 30.4 Å². The van der Waals surface area contributed by atoms with Crippen LogP contribution in [0.4, 0.5) is 11.4 Å². The van der Waals surface area contributed by atoms with E-state index in [-0.39, 0.29) is 30.4 Å². The Bertz CT molecular complexity index is 983. The van der Waals surface area contributed by atoms with Crippen molar-refractivity contribution in [3.8, 4) is 5.75 Å². The zero-order chi connectivity index (χ0) is 22.3. The Kier molecular flexibility index (Phi) is 7.01. The highest BCUT2D eigenvalue weighted by molar-refractivity contribution is 6.04. The summed E-state index contributed by atoms with van der Waals surface area (Å²) in [6.07, 6.45) is 3.83. The van der Waals surface area contributed by atoms with E-state index < -0.39 is 5.91 Å². The number of ether oxygens (including phenoxy) is 2. The third kappa shape index (κ3) is 6.07. The molecule has 1 aliphatic heterocycles. The lowest BCUT2D eigenvalue weighted by atomic mass is 10.1. The summed E-state index contributed by atoms with van der Waals surface area (Å²) in [4.78, 5) is 36.9. The highest BCUT2D eigenvalue weighted by atomic mass is 16.5. The van der Waals surface area contributed by atoms with Gasteiger partial charge in [-0.15, -0.1) is 0 Å². The first-order valence-electron chi connectivity index (χ1n) is 10.9. The topological polar surface area (TPSA) is 106 Å². The van der Waals surface area contributed by atoms with Crippen LogP contribution in [-0.4, -0.2) is 43.6 Å². The van der Waals surface area contributed by atoms with Gasteiger partial charge < -0.3 is 25.4 Å². The predicted octanol–water partition coefficient (Wildman–Crippen LogP) is 2.96. The summed E-state index contributed by atoms with van der Waals surface area (Å²) in [6, 6.07) is 13.8. The first-order chi connectivity index (χ1) is 15.6. The summed E-state index contributed by atoms with van der Waals surface area (Å²) >= 11 is 0. The number of carbonyl (C=O) groups excluding carboxylic acids is 3. The molecule has 3 N–H and O–H groups in total. The molecule has 1 saturated carbocycles. The van der Waals surface area contributed by atoms with E-state index in [0.29, 0.717) is 29.2 Å². The summed E-state index contributed by atoms with van der Waals surface area (Å²) in [6.45, 7) is 0.937. The van der Waals surface area contributed by atoms with Gasteiger partial charge in [-0.05, 0) is 49.9 Å². The van der Waals surface area contributed by atoms with Crippen LogP contribution < -0.4 is 20.7 Å². The molecule has 0 bridgehead atoms. The van der Waals surface area contributed by atoms with Gasteiger partial charge in [0.15, 0.2) is 6.61 Å². The number of hydrogen-bond acceptors (Lipinski definition) is 5. The highest BCUT2D eigenvalue weighted by Crippen LogP contribution is 2.30. The Labute approximate surface area is 186 Å². The molecule has 4 rings (SSSR count). The van der Waals surface area contributed by atoms with Crippen LogP contribution in [0, 0.1) is 5.92 Å². The lowest BCUT2D eigenvalue weighted by Crippen LogP contribution is -2.32. The van der Waals surface area contributed by atoms with E-state index in [4.69, 9.17) is 9.47 Å². The van der Waals surface area contributed by atoms with E-state index in [9.17, 15) is 14.4 Å². The number of para-hydroxylation sites is 1. The fourth-order valence-electron chi connectivity index (χ4n) is 3.49. The highest BCUT2D eigenvalue weighted by Gasteiger charge is 2.29. The van der Waals surface area contributed by atoms with Gasteiger partial charge in [-0.3, -0.25) is 14.4 Å². The molecule has 1 saturated heterocycles. The van der Waals surface area contributed by atoms with Crippen LogP contribution >= 0.6 is 0 Å².